The fourth-order valence-corrected chi connectivity index (χ4v) is 4.75. The second-order valence-corrected chi connectivity index (χ2v) is 10.2. The van der Waals surface area contributed by atoms with E-state index in [0.29, 0.717) is 19.0 Å². The molecule has 1 saturated heterocycles. The van der Waals surface area contributed by atoms with Gasteiger partial charge in [-0.25, -0.2) is 14.8 Å². The van der Waals surface area contributed by atoms with Crippen molar-refractivity contribution in [2.45, 2.75) is 58.1 Å². The van der Waals surface area contributed by atoms with Gasteiger partial charge in [0, 0.05) is 36.6 Å². The summed E-state index contributed by atoms with van der Waals surface area (Å²) in [4.78, 5) is 26.4. The van der Waals surface area contributed by atoms with Crippen LogP contribution in [0.4, 0.5) is 10.6 Å². The number of benzene rings is 2. The maximum atomic E-state index is 12.7. The second-order valence-electron chi connectivity index (χ2n) is 10.2. The number of fused-ring (bicyclic) bond motifs is 1. The zero-order valence-electron chi connectivity index (χ0n) is 19.9. The largest absolute Gasteiger partial charge is 0.444 e. The Labute approximate surface area is 195 Å². The van der Waals surface area contributed by atoms with Crippen molar-refractivity contribution in [3.8, 4) is 11.1 Å². The van der Waals surface area contributed by atoms with E-state index in [1.807, 2.05) is 31.7 Å². The van der Waals surface area contributed by atoms with Crippen LogP contribution in [0.25, 0.3) is 22.0 Å². The van der Waals surface area contributed by atoms with Gasteiger partial charge < -0.3 is 14.5 Å². The van der Waals surface area contributed by atoms with Crippen LogP contribution < -0.4 is 4.90 Å². The molecule has 2 aromatic carbocycles. The molecule has 33 heavy (non-hydrogen) atoms. The van der Waals surface area contributed by atoms with Crippen molar-refractivity contribution in [1.82, 2.24) is 14.9 Å². The topological polar surface area (TPSA) is 58.6 Å². The molecular weight excluding hydrogens is 412 g/mol. The lowest BCUT2D eigenvalue weighted by molar-refractivity contribution is 0.0159. The zero-order valence-corrected chi connectivity index (χ0v) is 19.9. The van der Waals surface area contributed by atoms with Gasteiger partial charge in [-0.05, 0) is 57.6 Å². The van der Waals surface area contributed by atoms with Crippen molar-refractivity contribution in [2.24, 2.45) is 0 Å². The van der Waals surface area contributed by atoms with Crippen LogP contribution in [0.5, 0.6) is 0 Å². The van der Waals surface area contributed by atoms with Gasteiger partial charge in [0.15, 0.2) is 0 Å². The molecule has 1 aliphatic heterocycles. The summed E-state index contributed by atoms with van der Waals surface area (Å²) in [6.07, 6.45) is 3.88. The molecule has 5 rings (SSSR count). The Morgan fingerprint density at radius 2 is 1.79 bits per heavy atom. The maximum Gasteiger partial charge on any atom is 0.410 e. The Kier molecular flexibility index (Phi) is 5.47. The van der Waals surface area contributed by atoms with E-state index in [9.17, 15) is 4.79 Å². The Bertz CT molecular complexity index is 1170. The number of hydrogen-bond acceptors (Lipinski definition) is 5. The van der Waals surface area contributed by atoms with Crippen molar-refractivity contribution >= 4 is 22.8 Å². The number of rotatable bonds is 3. The molecule has 3 aromatic rings. The van der Waals surface area contributed by atoms with Crippen molar-refractivity contribution in [1.29, 1.82) is 0 Å². The minimum absolute atomic E-state index is 0.0281. The standard InChI is InChI=1S/C27H32N4O2/c1-18-16-30(14-15-31(18)26(32)33-27(2,3)4)25-23-21(20-10-11-20)12-13-22(24(23)28-17-29-25)19-8-6-5-7-9-19/h5-9,12-13,17-18,20H,10-11,14-16H2,1-4H3. The van der Waals surface area contributed by atoms with Crippen LogP contribution in [-0.2, 0) is 4.74 Å². The fourth-order valence-electron chi connectivity index (χ4n) is 4.75. The summed E-state index contributed by atoms with van der Waals surface area (Å²) in [5, 5.41) is 1.17. The van der Waals surface area contributed by atoms with Gasteiger partial charge in [-0.3, -0.25) is 0 Å². The van der Waals surface area contributed by atoms with Gasteiger partial charge in [-0.2, -0.15) is 0 Å². The molecule has 1 atom stereocenters. The summed E-state index contributed by atoms with van der Waals surface area (Å²) in [5.74, 6) is 1.57. The highest BCUT2D eigenvalue weighted by atomic mass is 16.6. The van der Waals surface area contributed by atoms with Crippen LogP contribution >= 0.6 is 0 Å². The summed E-state index contributed by atoms with van der Waals surface area (Å²) in [7, 11) is 0. The molecule has 1 amide bonds. The third-order valence-corrected chi connectivity index (χ3v) is 6.46. The first-order chi connectivity index (χ1) is 15.8. The molecule has 2 heterocycles. The summed E-state index contributed by atoms with van der Waals surface area (Å²) < 4.78 is 5.63. The molecule has 0 N–H and O–H groups in total. The molecule has 0 bridgehead atoms. The molecular formula is C27H32N4O2. The first kappa shape index (κ1) is 21.7. The van der Waals surface area contributed by atoms with Crippen molar-refractivity contribution < 1.29 is 9.53 Å². The molecule has 2 aliphatic rings. The van der Waals surface area contributed by atoms with E-state index in [4.69, 9.17) is 14.7 Å². The minimum atomic E-state index is -0.496. The van der Waals surface area contributed by atoms with E-state index in [1.54, 1.807) is 6.33 Å². The smallest absolute Gasteiger partial charge is 0.410 e. The minimum Gasteiger partial charge on any atom is -0.444 e. The summed E-state index contributed by atoms with van der Waals surface area (Å²) in [6.45, 7) is 9.84. The number of carbonyl (C=O) groups excluding carboxylic acids is 1. The summed E-state index contributed by atoms with van der Waals surface area (Å²) >= 11 is 0. The predicted molar refractivity (Wildman–Crippen MR) is 132 cm³/mol. The Morgan fingerprint density at radius 1 is 1.03 bits per heavy atom. The van der Waals surface area contributed by atoms with Crippen LogP contribution in [0.15, 0.2) is 48.8 Å². The van der Waals surface area contributed by atoms with Gasteiger partial charge >= 0.3 is 6.09 Å². The number of anilines is 1. The molecule has 0 spiro atoms. The van der Waals surface area contributed by atoms with Gasteiger partial charge in [0.05, 0.1) is 5.52 Å². The summed E-state index contributed by atoms with van der Waals surface area (Å²) in [6, 6.07) is 15.0. The lowest BCUT2D eigenvalue weighted by Gasteiger charge is -2.41. The number of hydrogen-bond donors (Lipinski definition) is 0. The Hall–Kier alpha value is -3.15. The van der Waals surface area contributed by atoms with Crippen LogP contribution in [0, 0.1) is 0 Å². The van der Waals surface area contributed by atoms with E-state index in [0.717, 1.165) is 29.0 Å². The molecule has 1 saturated carbocycles. The number of ether oxygens (including phenoxy) is 1. The average Bonchev–Trinajstić information content (AvgIpc) is 3.62. The number of piperazine rings is 1. The van der Waals surface area contributed by atoms with Gasteiger partial charge in [-0.15, -0.1) is 0 Å². The number of amides is 1. The highest BCUT2D eigenvalue weighted by Crippen LogP contribution is 2.46. The molecule has 6 nitrogen and oxygen atoms in total. The number of carbonyl (C=O) groups is 1. The normalized spacial score (nSPS) is 19.1. The average molecular weight is 445 g/mol. The molecule has 172 valence electrons. The van der Waals surface area contributed by atoms with E-state index in [2.05, 4.69) is 48.2 Å². The molecule has 1 aliphatic carbocycles. The van der Waals surface area contributed by atoms with Crippen LogP contribution in [-0.4, -0.2) is 52.2 Å². The van der Waals surface area contributed by atoms with E-state index < -0.39 is 5.60 Å². The SMILES string of the molecule is CC1CN(c2ncnc3c(-c4ccccc4)ccc(C4CC4)c23)CCN1C(=O)OC(C)(C)C. The highest BCUT2D eigenvalue weighted by Gasteiger charge is 2.34. The third kappa shape index (κ3) is 4.39. The third-order valence-electron chi connectivity index (χ3n) is 6.46. The fraction of sp³-hybridized carbons (Fsp3) is 0.444. The molecule has 6 heteroatoms. The molecule has 1 unspecified atom stereocenters. The molecule has 1 aromatic heterocycles. The van der Waals surface area contributed by atoms with E-state index in [-0.39, 0.29) is 12.1 Å². The van der Waals surface area contributed by atoms with Gasteiger partial charge in [0.2, 0.25) is 0 Å². The van der Waals surface area contributed by atoms with Gasteiger partial charge in [-0.1, -0.05) is 42.5 Å². The molecule has 2 fully saturated rings. The van der Waals surface area contributed by atoms with E-state index >= 15 is 0 Å². The summed E-state index contributed by atoms with van der Waals surface area (Å²) in [5.41, 5.74) is 4.17. The first-order valence-electron chi connectivity index (χ1n) is 11.9. The maximum absolute atomic E-state index is 12.7. The number of nitrogens with zero attached hydrogens (tertiary/aromatic N) is 4. The lowest BCUT2D eigenvalue weighted by Crippen LogP contribution is -2.55. The van der Waals surface area contributed by atoms with Gasteiger partial charge in [0.25, 0.3) is 0 Å². The predicted octanol–water partition coefficient (Wildman–Crippen LogP) is 5.62. The molecule has 0 radical (unpaired) electrons. The highest BCUT2D eigenvalue weighted by molar-refractivity contribution is 6.02. The zero-order chi connectivity index (χ0) is 23.2. The first-order valence-corrected chi connectivity index (χ1v) is 11.9. The van der Waals surface area contributed by atoms with Gasteiger partial charge in [0.1, 0.15) is 17.7 Å². The Balaban J connectivity index is 1.51. The number of aromatic nitrogens is 2. The quantitative estimate of drug-likeness (QED) is 0.525. The van der Waals surface area contributed by atoms with Crippen LogP contribution in [0.3, 0.4) is 0 Å². The van der Waals surface area contributed by atoms with Crippen molar-refractivity contribution in [3.05, 3.63) is 54.4 Å². The Morgan fingerprint density at radius 3 is 2.45 bits per heavy atom. The van der Waals surface area contributed by atoms with Crippen molar-refractivity contribution in [3.63, 3.8) is 0 Å². The monoisotopic (exact) mass is 444 g/mol. The van der Waals surface area contributed by atoms with Crippen molar-refractivity contribution in [2.75, 3.05) is 24.5 Å². The van der Waals surface area contributed by atoms with E-state index in [1.165, 1.54) is 23.8 Å². The second kappa shape index (κ2) is 8.32. The van der Waals surface area contributed by atoms with Crippen LogP contribution in [0.1, 0.15) is 52.0 Å². The van der Waals surface area contributed by atoms with Crippen LogP contribution in [0.2, 0.25) is 0 Å². The lowest BCUT2D eigenvalue weighted by atomic mass is 9.96.